The average molecular weight is 1010 g/mol. The zero-order valence-corrected chi connectivity index (χ0v) is 30.5. The molecule has 0 bridgehead atoms. The van der Waals surface area contributed by atoms with Gasteiger partial charge < -0.3 is 17.1 Å². The van der Waals surface area contributed by atoms with Crippen molar-refractivity contribution in [3.63, 3.8) is 0 Å². The van der Waals surface area contributed by atoms with Crippen LogP contribution in [-0.2, 0) is 21.9 Å². The number of hydrogen-bond acceptors (Lipinski definition) is 5. The van der Waals surface area contributed by atoms with Crippen molar-refractivity contribution in [2.75, 3.05) is 6.61 Å². The van der Waals surface area contributed by atoms with Gasteiger partial charge in [0.25, 0.3) is 0 Å². The van der Waals surface area contributed by atoms with Gasteiger partial charge in [-0.3, -0.25) is 0 Å². The Morgan fingerprint density at radius 1 is 0.840 bits per heavy atom. The van der Waals surface area contributed by atoms with Crippen LogP contribution in [0.1, 0.15) is 13.3 Å². The number of halogens is 9. The third-order valence-corrected chi connectivity index (χ3v) is 22.6. The second kappa shape index (κ2) is 13.0. The molecule has 148 valence electrons. The molecule has 0 aliphatic heterocycles. The number of allylic oxidation sites excluding steroid dienone is 1. The van der Waals surface area contributed by atoms with Crippen LogP contribution in [0, 0.1) is 0 Å². The summed E-state index contributed by atoms with van der Waals surface area (Å²) in [6.07, 6.45) is 3.49. The highest BCUT2D eigenvalue weighted by atomic mass is 80.0. The first-order valence-corrected chi connectivity index (χ1v) is 34.1. The smallest absolute Gasteiger partial charge is 0.463 e. The Labute approximate surface area is 221 Å². The lowest BCUT2D eigenvalue weighted by Crippen LogP contribution is -2.56. The minimum atomic E-state index is -3.24. The molecule has 0 aromatic rings. The number of esters is 1. The normalized spacial score (nSPS) is 14.2. The van der Waals surface area contributed by atoms with Gasteiger partial charge in [-0.25, -0.2) is 4.79 Å². The fourth-order valence-electron chi connectivity index (χ4n) is 1.39. The van der Waals surface area contributed by atoms with E-state index in [1.54, 1.807) is 13.0 Å². The second-order valence-electron chi connectivity index (χ2n) is 4.10. The minimum Gasteiger partial charge on any atom is -0.463 e. The van der Waals surface area contributed by atoms with Crippen LogP contribution in [0.25, 0.3) is 0 Å². The van der Waals surface area contributed by atoms with Crippen LogP contribution >= 0.6 is 138 Å². The first-order chi connectivity index (χ1) is 11.1. The van der Waals surface area contributed by atoms with E-state index < -0.39 is 27.3 Å². The molecule has 0 unspecified atom stereocenters. The molecule has 0 radical (unpaired) electrons. The molecule has 0 aromatic carbocycles. The minimum absolute atomic E-state index is 0.220. The highest BCUT2D eigenvalue weighted by Gasteiger charge is 2.55. The lowest BCUT2D eigenvalue weighted by Gasteiger charge is -2.37. The molecule has 5 nitrogen and oxygen atoms in total. The number of ether oxygens (including phenoxy) is 1. The number of carbonyl (C=O) groups is 1. The summed E-state index contributed by atoms with van der Waals surface area (Å²) < 4.78 is 16.0. The van der Waals surface area contributed by atoms with Crippen molar-refractivity contribution in [2.45, 2.75) is 19.4 Å². The van der Waals surface area contributed by atoms with E-state index in [-0.39, 0.29) is 6.61 Å². The van der Waals surface area contributed by atoms with Crippen LogP contribution in [0.2, 0.25) is 6.04 Å². The van der Waals surface area contributed by atoms with E-state index in [0.717, 1.165) is 0 Å². The quantitative estimate of drug-likeness (QED) is 0.0714. The lowest BCUT2D eigenvalue weighted by atomic mass is 10.5. The first kappa shape index (κ1) is 29.3. The van der Waals surface area contributed by atoms with Crippen LogP contribution in [0.15, 0.2) is 12.2 Å². The van der Waals surface area contributed by atoms with E-state index in [9.17, 15) is 4.79 Å². The Hall–Kier alpha value is 4.28. The molecule has 18 heteroatoms. The summed E-state index contributed by atoms with van der Waals surface area (Å²) in [4.78, 5) is 11.4. The number of carbonyl (C=O) groups excluding carboxylic acids is 1. The summed E-state index contributed by atoms with van der Waals surface area (Å²) in [5, 5.41) is 0. The molecule has 0 fully saturated rings. The van der Waals surface area contributed by atoms with Gasteiger partial charge in [0.1, 0.15) is 0 Å². The van der Waals surface area contributed by atoms with Gasteiger partial charge in [0.15, 0.2) is 0 Å². The van der Waals surface area contributed by atoms with Gasteiger partial charge in [-0.1, -0.05) is 144 Å². The lowest BCUT2D eigenvalue weighted by molar-refractivity contribution is -0.137. The van der Waals surface area contributed by atoms with Crippen molar-refractivity contribution < 1.29 is 21.9 Å². The van der Waals surface area contributed by atoms with E-state index in [2.05, 4.69) is 138 Å². The van der Waals surface area contributed by atoms with Crippen molar-refractivity contribution in [3.8, 4) is 0 Å². The van der Waals surface area contributed by atoms with E-state index in [1.165, 1.54) is 6.08 Å². The van der Waals surface area contributed by atoms with Gasteiger partial charge in [0.05, 0.1) is 6.61 Å². The molecule has 0 spiro atoms. The zero-order valence-electron chi connectivity index (χ0n) is 12.2. The van der Waals surface area contributed by atoms with Gasteiger partial charge >= 0.3 is 27.3 Å². The van der Waals surface area contributed by atoms with Gasteiger partial charge in [-0.05, 0) is 13.3 Å². The summed E-state index contributed by atoms with van der Waals surface area (Å²) >= 11 is 31.1. The SMILES string of the molecule is CC=CC(=O)OCCC[Si](O[Si](Br)(Br)Br)(O[Si](Br)(Br)Br)O[Si](Br)(Br)Br. The molecule has 0 N–H and O–H groups in total. The molecule has 0 saturated heterocycles. The molecule has 0 aromatic heterocycles. The molecule has 0 rings (SSSR count). The second-order valence-corrected chi connectivity index (χ2v) is 70.0. The third-order valence-electron chi connectivity index (χ3n) is 1.99. The molecule has 0 atom stereocenters. The molecule has 25 heavy (non-hydrogen) atoms. The predicted molar refractivity (Wildman–Crippen MR) is 142 cm³/mol. The maximum Gasteiger partial charge on any atom is 0.474 e. The Morgan fingerprint density at radius 3 is 1.56 bits per heavy atom. The van der Waals surface area contributed by atoms with Crippen molar-refractivity contribution in [2.24, 2.45) is 0 Å². The van der Waals surface area contributed by atoms with Crippen LogP contribution in [0.5, 0.6) is 0 Å². The van der Waals surface area contributed by atoms with Crippen molar-refractivity contribution in [1.82, 2.24) is 0 Å². The van der Waals surface area contributed by atoms with Gasteiger partial charge in [0.2, 0.25) is 0 Å². The summed E-state index contributed by atoms with van der Waals surface area (Å²) in [5.41, 5.74) is 0. The summed E-state index contributed by atoms with van der Waals surface area (Å²) in [6.45, 7) is 1.97. The summed E-state index contributed by atoms with van der Waals surface area (Å²) in [5.74, 6) is -0.391. The Morgan fingerprint density at radius 2 is 1.24 bits per heavy atom. The van der Waals surface area contributed by atoms with E-state index >= 15 is 0 Å². The standard InChI is InChI=1S/C7H11Br9O5Si4/c1-2-4-7(17)18-5-3-6-22(19-23(8,9)10,20-24(11,12)13)21-25(14,15)16/h2,4H,3,5-6H2,1H3. The molecule has 0 saturated carbocycles. The molecular formula is C7H11Br9O5Si4. The Kier molecular flexibility index (Phi) is 15.2. The fraction of sp³-hybridized carbons (Fsp3) is 0.571. The maximum absolute atomic E-state index is 11.4. The highest BCUT2D eigenvalue weighted by molar-refractivity contribution is 9.72. The Bertz CT molecular complexity index is 422. The van der Waals surface area contributed by atoms with Crippen molar-refractivity contribution in [1.29, 1.82) is 0 Å². The van der Waals surface area contributed by atoms with E-state index in [1.807, 2.05) is 0 Å². The van der Waals surface area contributed by atoms with Crippen LogP contribution in [-0.4, -0.2) is 33.9 Å². The van der Waals surface area contributed by atoms with Crippen LogP contribution in [0.3, 0.4) is 0 Å². The summed E-state index contributed by atoms with van der Waals surface area (Å²) in [6, 6.07) is 0.419. The summed E-state index contributed by atoms with van der Waals surface area (Å²) in [7, 11) is -3.24. The van der Waals surface area contributed by atoms with E-state index in [0.29, 0.717) is 12.5 Å². The molecule has 0 aliphatic carbocycles. The first-order valence-electron chi connectivity index (χ1n) is 6.18. The van der Waals surface area contributed by atoms with Crippen LogP contribution < -0.4 is 0 Å². The fourth-order valence-corrected chi connectivity index (χ4v) is 29.0. The maximum atomic E-state index is 11.4. The van der Waals surface area contributed by atoms with Crippen LogP contribution in [0.4, 0.5) is 0 Å². The topological polar surface area (TPSA) is 54.0 Å². The van der Waals surface area contributed by atoms with Gasteiger partial charge in [-0.2, -0.15) is 0 Å². The van der Waals surface area contributed by atoms with Crippen molar-refractivity contribution in [3.05, 3.63) is 12.2 Å². The molecule has 0 amide bonds. The highest BCUT2D eigenvalue weighted by Crippen LogP contribution is 2.43. The third kappa shape index (κ3) is 17.6. The molecule has 0 aliphatic rings. The van der Waals surface area contributed by atoms with E-state index in [4.69, 9.17) is 17.1 Å². The van der Waals surface area contributed by atoms with Gasteiger partial charge in [-0.15, -0.1) is 0 Å². The monoisotopic (exact) mass is 997 g/mol. The Balaban J connectivity index is 5.26. The zero-order chi connectivity index (χ0) is 19.9. The largest absolute Gasteiger partial charge is 0.474 e. The predicted octanol–water partition coefficient (Wildman–Crippen LogP) is 7.35. The van der Waals surface area contributed by atoms with Crippen molar-refractivity contribution >= 4 is 165 Å². The molecule has 0 heterocycles. The van der Waals surface area contributed by atoms with Gasteiger partial charge in [0, 0.05) is 12.1 Å². The number of hydrogen-bond donors (Lipinski definition) is 0. The molecular weight excluding hydrogens is 996 g/mol. The number of rotatable bonds is 11. The average Bonchev–Trinajstić information content (AvgIpc) is 2.28.